The Balaban J connectivity index is -0.000000469. The fraction of sp³-hybridized carbons (Fsp3) is 1.00. The molecule has 0 aromatic carbocycles. The van der Waals surface area contributed by atoms with Crippen LogP contribution in [0.15, 0.2) is 0 Å². The number of nitrogens with zero attached hydrogens (tertiary/aromatic N) is 1. The molecule has 1 unspecified atom stereocenters. The molecule has 0 amide bonds. The molecule has 0 aliphatic carbocycles. The maximum absolute atomic E-state index is 8.75. The van der Waals surface area contributed by atoms with E-state index in [2.05, 4.69) is 27.7 Å². The number of unbranched alkanes of at least 4 members (excludes halogenated alkanes) is 31. The van der Waals surface area contributed by atoms with E-state index in [0.29, 0.717) is 12.5 Å². The molecule has 0 aliphatic rings. The average molecular weight is 772 g/mol. The third-order valence-corrected chi connectivity index (χ3v) is 10.1. The Morgan fingerprint density at radius 3 is 0.776 bits per heavy atom. The summed E-state index contributed by atoms with van der Waals surface area (Å²) < 4.78 is 0. The van der Waals surface area contributed by atoms with Gasteiger partial charge in [0.1, 0.15) is 0 Å². The molecule has 0 fully saturated rings. The van der Waals surface area contributed by atoms with Crippen molar-refractivity contribution >= 4 is 24.8 Å². The Hall–Kier alpha value is 1.21. The summed E-state index contributed by atoms with van der Waals surface area (Å²) in [5.74, 6) is 0.560. The maximum Gasteiger partial charge on any atom is 0.0459 e. The van der Waals surface area contributed by atoms with Gasteiger partial charge in [-0.2, -0.15) is 0 Å². The van der Waals surface area contributed by atoms with Gasteiger partial charge in [-0.05, 0) is 12.3 Å². The van der Waals surface area contributed by atoms with Crippen molar-refractivity contribution in [2.45, 2.75) is 259 Å². The molecule has 49 heavy (non-hydrogen) atoms. The van der Waals surface area contributed by atoms with Gasteiger partial charge in [-0.1, -0.05) is 252 Å². The first kappa shape index (κ1) is 59.5. The quantitative estimate of drug-likeness (QED) is 0.0490. The summed E-state index contributed by atoms with van der Waals surface area (Å²) in [6, 6.07) is 0. The first-order chi connectivity index (χ1) is 22.8. The molecule has 2 nitrogen and oxygen atoms in total. The predicted molar refractivity (Wildman–Crippen MR) is 227 cm³/mol. The zero-order valence-electron chi connectivity index (χ0n) is 34.4. The molecule has 0 saturated carbocycles. The molecular weight excluding hydrogens is 677 g/mol. The van der Waals surface area contributed by atoms with Gasteiger partial charge in [0.25, 0.3) is 0 Å². The van der Waals surface area contributed by atoms with E-state index in [1.54, 1.807) is 0 Å². The Morgan fingerprint density at radius 2 is 0.571 bits per heavy atom. The Bertz CT molecular complexity index is 462. The predicted octanol–water partition coefficient (Wildman–Crippen LogP) is 16.9. The van der Waals surface area contributed by atoms with Crippen LogP contribution >= 0.6 is 24.8 Å². The van der Waals surface area contributed by atoms with Crippen LogP contribution in [0.3, 0.4) is 0 Å². The molecule has 0 aromatic rings. The van der Waals surface area contributed by atoms with E-state index in [-0.39, 0.29) is 46.5 Å². The molecule has 0 rings (SSSR count). The second-order valence-electron chi connectivity index (χ2n) is 14.9. The van der Waals surface area contributed by atoms with Crippen molar-refractivity contribution < 1.29 is 26.8 Å². The smallest absolute Gasteiger partial charge is 0.0459 e. The first-order valence-corrected chi connectivity index (χ1v) is 22.0. The fourth-order valence-corrected chi connectivity index (χ4v) is 6.57. The molecule has 0 radical (unpaired) electrons. The van der Waals surface area contributed by atoms with Crippen molar-refractivity contribution in [1.82, 2.24) is 0 Å². The van der Waals surface area contributed by atoms with Crippen LogP contribution in [-0.2, 0) is 21.7 Å². The van der Waals surface area contributed by atoms with Gasteiger partial charge in [-0.3, -0.25) is 0 Å². The van der Waals surface area contributed by atoms with Gasteiger partial charge in [-0.15, -0.1) is 37.9 Å². The van der Waals surface area contributed by atoms with Gasteiger partial charge in [0.05, 0.1) is 0 Å². The molecule has 1 N–H and O–H groups in total. The van der Waals surface area contributed by atoms with Gasteiger partial charge in [0.2, 0.25) is 0 Å². The van der Waals surface area contributed by atoms with Crippen molar-refractivity contribution in [3.05, 3.63) is 5.32 Å². The number of hydrogen-bond donors (Lipinski definition) is 1. The van der Waals surface area contributed by atoms with Crippen molar-refractivity contribution in [3.63, 3.8) is 0 Å². The SMILES string of the molecule is CCCCC(CC)CO.CCCCCCCCCCCCCCCCCC[N-]CCCCCCCCCCCCCCCCCC.Cl.Cl.[Ti]. The number of rotatable bonds is 39. The second kappa shape index (κ2) is 58.5. The average Bonchev–Trinajstić information content (AvgIpc) is 3.07. The van der Waals surface area contributed by atoms with Gasteiger partial charge >= 0.3 is 0 Å². The second-order valence-corrected chi connectivity index (χ2v) is 14.9. The molecule has 0 aromatic heterocycles. The topological polar surface area (TPSA) is 34.3 Å². The molecule has 1 atom stereocenters. The van der Waals surface area contributed by atoms with Crippen LogP contribution in [0, 0.1) is 5.92 Å². The molecule has 0 aliphatic heterocycles. The van der Waals surface area contributed by atoms with Gasteiger partial charge in [-0.25, -0.2) is 0 Å². The minimum absolute atomic E-state index is 0. The van der Waals surface area contributed by atoms with Crippen LogP contribution in [0.4, 0.5) is 0 Å². The van der Waals surface area contributed by atoms with E-state index in [1.165, 1.54) is 225 Å². The number of halogens is 2. The number of hydrogen-bond acceptors (Lipinski definition) is 1. The van der Waals surface area contributed by atoms with E-state index < -0.39 is 0 Å². The zero-order valence-corrected chi connectivity index (χ0v) is 37.6. The molecule has 0 bridgehead atoms. The summed E-state index contributed by atoms with van der Waals surface area (Å²) in [4.78, 5) is 0. The minimum atomic E-state index is 0. The maximum atomic E-state index is 8.75. The Kier molecular flexibility index (Phi) is 71.1. The van der Waals surface area contributed by atoms with E-state index >= 15 is 0 Å². The molecule has 0 saturated heterocycles. The van der Waals surface area contributed by atoms with Gasteiger partial charge < -0.3 is 10.4 Å². The summed E-state index contributed by atoms with van der Waals surface area (Å²) in [7, 11) is 0. The summed E-state index contributed by atoms with van der Waals surface area (Å²) in [5.41, 5.74) is 0. The van der Waals surface area contributed by atoms with E-state index in [1.807, 2.05) is 0 Å². The molecule has 300 valence electrons. The summed E-state index contributed by atoms with van der Waals surface area (Å²) >= 11 is 0. The standard InChI is InChI=1S/C36H74N.C8H18O.2ClH.Ti/c1-3-5-7-9-11-13-15-17-19-21-23-25-27-29-31-33-35-37-36-34-32-30-28-26-24-22-20-18-16-14-12-10-8-6-4-2;1-3-5-6-8(4-2)7-9;;;/h3-36H2,1-2H3;8-9H,3-7H2,1-2H3;2*1H;/q-1;;;;. The summed E-state index contributed by atoms with van der Waals surface area (Å²) in [6.07, 6.45) is 51.2. The third kappa shape index (κ3) is 58.7. The van der Waals surface area contributed by atoms with Gasteiger partial charge in [0.15, 0.2) is 0 Å². The van der Waals surface area contributed by atoms with Crippen molar-refractivity contribution in [2.24, 2.45) is 5.92 Å². The molecule has 5 heteroatoms. The zero-order chi connectivity index (χ0) is 33.9. The molecular formula is C44H94Cl2NOTi-. The van der Waals surface area contributed by atoms with Crippen LogP contribution < -0.4 is 0 Å². The normalized spacial score (nSPS) is 11.2. The summed E-state index contributed by atoms with van der Waals surface area (Å²) in [6.45, 7) is 11.5. The third-order valence-electron chi connectivity index (χ3n) is 10.1. The molecule has 0 spiro atoms. The largest absolute Gasteiger partial charge is 0.662 e. The van der Waals surface area contributed by atoms with E-state index in [9.17, 15) is 0 Å². The van der Waals surface area contributed by atoms with Crippen molar-refractivity contribution in [2.75, 3.05) is 19.7 Å². The van der Waals surface area contributed by atoms with Crippen LogP contribution in [0.2, 0.25) is 0 Å². The van der Waals surface area contributed by atoms with Crippen LogP contribution in [0.5, 0.6) is 0 Å². The Labute approximate surface area is 339 Å². The van der Waals surface area contributed by atoms with Crippen LogP contribution in [0.1, 0.15) is 259 Å². The van der Waals surface area contributed by atoms with Crippen molar-refractivity contribution in [3.8, 4) is 0 Å². The van der Waals surface area contributed by atoms with Crippen LogP contribution in [-0.4, -0.2) is 24.8 Å². The summed E-state index contributed by atoms with van der Waals surface area (Å²) in [5, 5.41) is 13.5. The van der Waals surface area contributed by atoms with Gasteiger partial charge in [0, 0.05) is 28.3 Å². The number of aliphatic hydroxyl groups is 1. The molecule has 0 heterocycles. The minimum Gasteiger partial charge on any atom is -0.662 e. The van der Waals surface area contributed by atoms with Crippen molar-refractivity contribution in [1.29, 1.82) is 0 Å². The van der Waals surface area contributed by atoms with Crippen LogP contribution in [0.25, 0.3) is 5.32 Å². The van der Waals surface area contributed by atoms with E-state index in [0.717, 1.165) is 19.5 Å². The first-order valence-electron chi connectivity index (χ1n) is 22.0. The van der Waals surface area contributed by atoms with E-state index in [4.69, 9.17) is 10.4 Å². The fourth-order valence-electron chi connectivity index (χ4n) is 6.57. The number of aliphatic hydroxyl groups excluding tert-OH is 1. The Morgan fingerprint density at radius 1 is 0.347 bits per heavy atom. The monoisotopic (exact) mass is 771 g/mol.